The lowest BCUT2D eigenvalue weighted by Crippen LogP contribution is -2.49. The second-order valence-corrected chi connectivity index (χ2v) is 7.35. The Balaban J connectivity index is 1.54. The minimum absolute atomic E-state index is 0.497. The highest BCUT2D eigenvalue weighted by Gasteiger charge is 2.20. The topological polar surface area (TPSA) is 36.3 Å². The molecule has 1 fully saturated rings. The van der Waals surface area contributed by atoms with Crippen molar-refractivity contribution >= 4 is 46.2 Å². The molecule has 0 spiro atoms. The molecule has 8 heteroatoms. The maximum absolute atomic E-state index is 6.22. The Morgan fingerprint density at radius 3 is 2.60 bits per heavy atom. The lowest BCUT2D eigenvalue weighted by atomic mass is 10.2. The van der Waals surface area contributed by atoms with E-state index in [1.807, 2.05) is 30.1 Å². The number of hydrogen-bond acceptors (Lipinski definition) is 3. The predicted octanol–water partition coefficient (Wildman–Crippen LogP) is 3.55. The first-order chi connectivity index (χ1) is 12.0. The molecule has 0 unspecified atom stereocenters. The van der Waals surface area contributed by atoms with Gasteiger partial charge in [0.1, 0.15) is 0 Å². The van der Waals surface area contributed by atoms with Crippen LogP contribution in [-0.4, -0.2) is 50.9 Å². The molecule has 0 amide bonds. The molecule has 0 bridgehead atoms. The molecule has 134 valence electrons. The second-order valence-electron chi connectivity index (χ2n) is 6.17. The van der Waals surface area contributed by atoms with E-state index in [-0.39, 0.29) is 0 Å². The molecule has 0 aliphatic carbocycles. The fourth-order valence-electron chi connectivity index (χ4n) is 2.84. The Morgan fingerprint density at radius 2 is 1.96 bits per heavy atom. The van der Waals surface area contributed by atoms with Crippen molar-refractivity contribution in [3.63, 3.8) is 0 Å². The highest BCUT2D eigenvalue weighted by molar-refractivity contribution is 7.80. The standard InChI is InChI=1S/C17H21Cl2N5S/c1-12-13(10-20-22(12)2)11-23-6-8-24(9-7-23)17(25)21-15-5-3-4-14(18)16(15)19/h3-5,10H,6-9,11H2,1-2H3,(H,21,25). The molecule has 1 aliphatic rings. The zero-order chi connectivity index (χ0) is 18.0. The van der Waals surface area contributed by atoms with Gasteiger partial charge in [0.05, 0.1) is 21.9 Å². The van der Waals surface area contributed by atoms with Crippen LogP contribution in [0, 0.1) is 6.92 Å². The number of aromatic nitrogens is 2. The third kappa shape index (κ3) is 4.26. The van der Waals surface area contributed by atoms with E-state index in [9.17, 15) is 0 Å². The van der Waals surface area contributed by atoms with Gasteiger partial charge >= 0.3 is 0 Å². The fraction of sp³-hybridized carbons (Fsp3) is 0.412. The first-order valence-corrected chi connectivity index (χ1v) is 9.32. The molecular formula is C17H21Cl2N5S. The van der Waals surface area contributed by atoms with Crippen molar-refractivity contribution < 1.29 is 0 Å². The van der Waals surface area contributed by atoms with Gasteiger partial charge in [0.15, 0.2) is 5.11 Å². The molecule has 0 atom stereocenters. The van der Waals surface area contributed by atoms with Crippen LogP contribution in [-0.2, 0) is 13.6 Å². The highest BCUT2D eigenvalue weighted by atomic mass is 35.5. The number of rotatable bonds is 3. The van der Waals surface area contributed by atoms with E-state index in [2.05, 4.69) is 27.1 Å². The van der Waals surface area contributed by atoms with Gasteiger partial charge in [0, 0.05) is 51.0 Å². The van der Waals surface area contributed by atoms with Crippen LogP contribution in [0.3, 0.4) is 0 Å². The summed E-state index contributed by atoms with van der Waals surface area (Å²) in [7, 11) is 1.97. The highest BCUT2D eigenvalue weighted by Crippen LogP contribution is 2.29. The van der Waals surface area contributed by atoms with Crippen molar-refractivity contribution in [1.29, 1.82) is 0 Å². The number of nitrogens with one attached hydrogen (secondary N) is 1. The molecule has 1 aromatic carbocycles. The summed E-state index contributed by atoms with van der Waals surface area (Å²) in [6, 6.07) is 5.49. The van der Waals surface area contributed by atoms with Crippen LogP contribution in [0.25, 0.3) is 0 Å². The summed E-state index contributed by atoms with van der Waals surface area (Å²) in [6.45, 7) is 6.70. The Morgan fingerprint density at radius 1 is 1.24 bits per heavy atom. The number of thiocarbonyl (C=S) groups is 1. The van der Waals surface area contributed by atoms with E-state index in [0.717, 1.165) is 38.4 Å². The molecule has 3 rings (SSSR count). The summed E-state index contributed by atoms with van der Waals surface area (Å²) in [5.74, 6) is 0. The normalized spacial score (nSPS) is 15.4. The van der Waals surface area contributed by atoms with Crippen molar-refractivity contribution in [2.45, 2.75) is 13.5 Å². The molecule has 1 aliphatic heterocycles. The van der Waals surface area contributed by atoms with Crippen LogP contribution in [0.5, 0.6) is 0 Å². The first kappa shape index (κ1) is 18.5. The largest absolute Gasteiger partial charge is 0.346 e. The summed E-state index contributed by atoms with van der Waals surface area (Å²) in [4.78, 5) is 4.59. The number of benzene rings is 1. The van der Waals surface area contributed by atoms with Gasteiger partial charge in [-0.3, -0.25) is 9.58 Å². The van der Waals surface area contributed by atoms with Gasteiger partial charge in [-0.25, -0.2) is 0 Å². The molecule has 25 heavy (non-hydrogen) atoms. The summed E-state index contributed by atoms with van der Waals surface area (Å²) in [5, 5.41) is 9.22. The molecular weight excluding hydrogens is 377 g/mol. The number of anilines is 1. The second kappa shape index (κ2) is 7.91. The Bertz CT molecular complexity index is 768. The van der Waals surface area contributed by atoms with Crippen molar-refractivity contribution in [2.75, 3.05) is 31.5 Å². The third-order valence-corrected chi connectivity index (χ3v) is 5.76. The minimum atomic E-state index is 0.497. The number of hydrogen-bond donors (Lipinski definition) is 1. The van der Waals surface area contributed by atoms with Crippen molar-refractivity contribution in [2.24, 2.45) is 7.05 Å². The van der Waals surface area contributed by atoms with Gasteiger partial charge in [-0.05, 0) is 31.3 Å². The number of halogens is 2. The molecule has 0 saturated carbocycles. The summed E-state index contributed by atoms with van der Waals surface area (Å²) >= 11 is 17.8. The van der Waals surface area contributed by atoms with E-state index in [1.54, 1.807) is 6.07 Å². The van der Waals surface area contributed by atoms with Crippen molar-refractivity contribution in [3.8, 4) is 0 Å². The lowest BCUT2D eigenvalue weighted by molar-refractivity contribution is 0.176. The maximum Gasteiger partial charge on any atom is 0.173 e. The fourth-order valence-corrected chi connectivity index (χ4v) is 3.48. The smallest absolute Gasteiger partial charge is 0.173 e. The SMILES string of the molecule is Cc1c(CN2CCN(C(=S)Nc3cccc(Cl)c3Cl)CC2)cnn1C. The van der Waals surface area contributed by atoms with Gasteiger partial charge in [-0.1, -0.05) is 29.3 Å². The van der Waals surface area contributed by atoms with Gasteiger partial charge in [-0.2, -0.15) is 5.10 Å². The van der Waals surface area contributed by atoms with Gasteiger partial charge in [-0.15, -0.1) is 0 Å². The average molecular weight is 398 g/mol. The van der Waals surface area contributed by atoms with Gasteiger partial charge in [0.25, 0.3) is 0 Å². The monoisotopic (exact) mass is 397 g/mol. The van der Waals surface area contributed by atoms with E-state index < -0.39 is 0 Å². The van der Waals surface area contributed by atoms with Crippen molar-refractivity contribution in [1.82, 2.24) is 19.6 Å². The quantitative estimate of drug-likeness (QED) is 0.801. The Hall–Kier alpha value is -1.34. The van der Waals surface area contributed by atoms with Crippen LogP contribution in [0.4, 0.5) is 5.69 Å². The zero-order valence-corrected chi connectivity index (χ0v) is 16.6. The maximum atomic E-state index is 6.22. The van der Waals surface area contributed by atoms with Crippen LogP contribution in [0.2, 0.25) is 10.0 Å². The van der Waals surface area contributed by atoms with Gasteiger partial charge < -0.3 is 10.2 Å². The number of aryl methyl sites for hydroxylation is 1. The van der Waals surface area contributed by atoms with Crippen LogP contribution < -0.4 is 5.32 Å². The number of piperazine rings is 1. The lowest BCUT2D eigenvalue weighted by Gasteiger charge is -2.36. The molecule has 2 aromatic rings. The summed E-state index contributed by atoms with van der Waals surface area (Å²) < 4.78 is 1.92. The molecule has 0 radical (unpaired) electrons. The van der Waals surface area contributed by atoms with Crippen LogP contribution in [0.15, 0.2) is 24.4 Å². The molecule has 5 nitrogen and oxygen atoms in total. The minimum Gasteiger partial charge on any atom is -0.346 e. The van der Waals surface area contributed by atoms with E-state index in [1.165, 1.54) is 11.3 Å². The Labute approximate surface area is 163 Å². The van der Waals surface area contributed by atoms with Gasteiger partial charge in [0.2, 0.25) is 0 Å². The number of nitrogens with zero attached hydrogens (tertiary/aromatic N) is 4. The van der Waals surface area contributed by atoms with Crippen LogP contribution in [0.1, 0.15) is 11.3 Å². The molecule has 2 heterocycles. The summed E-state index contributed by atoms with van der Waals surface area (Å²) in [5.41, 5.74) is 3.24. The summed E-state index contributed by atoms with van der Waals surface area (Å²) in [6.07, 6.45) is 1.95. The van der Waals surface area contributed by atoms with E-state index >= 15 is 0 Å². The van der Waals surface area contributed by atoms with Crippen molar-refractivity contribution in [3.05, 3.63) is 45.7 Å². The average Bonchev–Trinajstić information content (AvgIpc) is 2.91. The molecule has 1 N–H and O–H groups in total. The van der Waals surface area contributed by atoms with Crippen LogP contribution >= 0.6 is 35.4 Å². The molecule has 1 aromatic heterocycles. The third-order valence-electron chi connectivity index (χ3n) is 4.58. The zero-order valence-electron chi connectivity index (χ0n) is 14.3. The Kier molecular flexibility index (Phi) is 5.84. The molecule has 1 saturated heterocycles. The first-order valence-electron chi connectivity index (χ1n) is 8.15. The van der Waals surface area contributed by atoms with E-state index in [4.69, 9.17) is 35.4 Å². The van der Waals surface area contributed by atoms with E-state index in [0.29, 0.717) is 15.2 Å². The predicted molar refractivity (Wildman–Crippen MR) is 107 cm³/mol.